The van der Waals surface area contributed by atoms with E-state index in [0.29, 0.717) is 11.5 Å². The van der Waals surface area contributed by atoms with E-state index in [0.717, 1.165) is 0 Å². The molecule has 1 aliphatic heterocycles. The number of hydrogen-bond donors (Lipinski definition) is 0. The zero-order valence-corrected chi connectivity index (χ0v) is 14.9. The summed E-state index contributed by atoms with van der Waals surface area (Å²) in [5, 5.41) is 0.401. The molecule has 0 amide bonds. The molecule has 3 rings (SSSR count). The van der Waals surface area contributed by atoms with Gasteiger partial charge in [0.05, 0.1) is 24.2 Å². The van der Waals surface area contributed by atoms with Gasteiger partial charge >= 0.3 is 5.63 Å². The molecule has 128 valence electrons. The second-order valence-electron chi connectivity index (χ2n) is 5.36. The van der Waals surface area contributed by atoms with Gasteiger partial charge < -0.3 is 9.15 Å². The van der Waals surface area contributed by atoms with Gasteiger partial charge in [0.2, 0.25) is 10.0 Å². The molecular weight excluding hydrogens is 377 g/mol. The predicted molar refractivity (Wildman–Crippen MR) is 89.4 cm³/mol. The third-order valence-corrected chi connectivity index (χ3v) is 6.04. The molecule has 2 aromatic rings. The van der Waals surface area contributed by atoms with E-state index in [1.165, 1.54) is 28.6 Å². The van der Waals surface area contributed by atoms with Gasteiger partial charge in [0.1, 0.15) is 22.5 Å². The molecule has 0 bridgehead atoms. The first kappa shape index (κ1) is 17.3. The molecule has 0 atom stereocenters. The fourth-order valence-corrected chi connectivity index (χ4v) is 4.56. The molecule has 24 heavy (non-hydrogen) atoms. The first-order valence-electron chi connectivity index (χ1n) is 6.99. The maximum atomic E-state index is 12.6. The van der Waals surface area contributed by atoms with Gasteiger partial charge in [-0.3, -0.25) is 0 Å². The average Bonchev–Trinajstić information content (AvgIpc) is 2.43. The minimum absolute atomic E-state index is 0.0358. The number of halogens is 2. The molecule has 0 N–H and O–H groups in total. The summed E-state index contributed by atoms with van der Waals surface area (Å²) >= 11 is 11.8. The van der Waals surface area contributed by atoms with Gasteiger partial charge in [-0.1, -0.05) is 23.2 Å². The summed E-state index contributed by atoms with van der Waals surface area (Å²) in [6.45, 7) is 1.95. The van der Waals surface area contributed by atoms with Crippen molar-refractivity contribution in [3.63, 3.8) is 0 Å². The summed E-state index contributed by atoms with van der Waals surface area (Å²) in [7, 11) is -3.74. The van der Waals surface area contributed by atoms with E-state index in [1.807, 2.05) is 0 Å². The van der Waals surface area contributed by atoms with Crippen molar-refractivity contribution < 1.29 is 17.6 Å². The lowest BCUT2D eigenvalue weighted by atomic mass is 10.2. The fraction of sp³-hybridized carbons (Fsp3) is 0.267. The minimum Gasteiger partial charge on any atom is -0.487 e. The van der Waals surface area contributed by atoms with E-state index in [2.05, 4.69) is 0 Å². The molecule has 1 saturated heterocycles. The van der Waals surface area contributed by atoms with Crippen molar-refractivity contribution in [2.24, 2.45) is 0 Å². The molecule has 1 aromatic heterocycles. The Morgan fingerprint density at radius 3 is 2.58 bits per heavy atom. The zero-order chi connectivity index (χ0) is 17.5. The smallest absolute Gasteiger partial charge is 0.339 e. The van der Waals surface area contributed by atoms with Crippen LogP contribution in [-0.2, 0) is 10.0 Å². The molecule has 1 aliphatic rings. The van der Waals surface area contributed by atoms with Gasteiger partial charge in [-0.2, -0.15) is 4.31 Å². The number of nitrogens with zero attached hydrogens (tertiary/aromatic N) is 1. The maximum absolute atomic E-state index is 12.6. The highest BCUT2D eigenvalue weighted by Crippen LogP contribution is 2.30. The topological polar surface area (TPSA) is 76.8 Å². The number of ether oxygens (including phenoxy) is 1. The Balaban J connectivity index is 1.71. The van der Waals surface area contributed by atoms with Crippen LogP contribution in [0, 0.1) is 6.92 Å². The van der Waals surface area contributed by atoms with E-state index in [9.17, 15) is 13.2 Å². The summed E-state index contributed by atoms with van der Waals surface area (Å²) in [4.78, 5) is 11.3. The second-order valence-corrected chi connectivity index (χ2v) is 8.11. The molecule has 6 nitrogen and oxygen atoms in total. The Morgan fingerprint density at radius 2 is 1.92 bits per heavy atom. The Labute approximate surface area is 148 Å². The van der Waals surface area contributed by atoms with E-state index in [1.54, 1.807) is 13.0 Å². The normalized spacial score (nSPS) is 16.0. The van der Waals surface area contributed by atoms with Gasteiger partial charge in [-0.05, 0) is 25.1 Å². The summed E-state index contributed by atoms with van der Waals surface area (Å²) in [6, 6.07) is 7.08. The third kappa shape index (κ3) is 3.44. The maximum Gasteiger partial charge on any atom is 0.339 e. The van der Waals surface area contributed by atoms with Crippen LogP contribution >= 0.6 is 23.2 Å². The molecule has 1 aromatic carbocycles. The fourth-order valence-electron chi connectivity index (χ4n) is 2.32. The van der Waals surface area contributed by atoms with Gasteiger partial charge in [0.15, 0.2) is 0 Å². The van der Waals surface area contributed by atoms with Crippen molar-refractivity contribution in [2.75, 3.05) is 13.1 Å². The zero-order valence-electron chi connectivity index (χ0n) is 12.5. The van der Waals surface area contributed by atoms with Crippen LogP contribution in [0.2, 0.25) is 10.0 Å². The lowest BCUT2D eigenvalue weighted by Gasteiger charge is -2.37. The van der Waals surface area contributed by atoms with E-state index >= 15 is 0 Å². The van der Waals surface area contributed by atoms with Crippen molar-refractivity contribution in [1.29, 1.82) is 0 Å². The average molecular weight is 390 g/mol. The Hall–Kier alpha value is -1.54. The Bertz CT molecular complexity index is 935. The second kappa shape index (κ2) is 6.40. The first-order chi connectivity index (χ1) is 11.3. The summed E-state index contributed by atoms with van der Waals surface area (Å²) in [5.41, 5.74) is -0.514. The minimum atomic E-state index is -3.74. The van der Waals surface area contributed by atoms with Crippen LogP contribution < -0.4 is 10.4 Å². The number of hydrogen-bond acceptors (Lipinski definition) is 5. The van der Waals surface area contributed by atoms with Gasteiger partial charge in [0.25, 0.3) is 0 Å². The summed E-state index contributed by atoms with van der Waals surface area (Å²) < 4.78 is 36.8. The number of sulfonamides is 1. The highest BCUT2D eigenvalue weighted by Gasteiger charge is 2.39. The molecule has 0 radical (unpaired) electrons. The van der Waals surface area contributed by atoms with Crippen LogP contribution in [0.1, 0.15) is 5.76 Å². The summed E-state index contributed by atoms with van der Waals surface area (Å²) in [5.74, 6) is 0.776. The van der Waals surface area contributed by atoms with Crippen molar-refractivity contribution >= 4 is 33.2 Å². The van der Waals surface area contributed by atoms with Crippen LogP contribution in [0.25, 0.3) is 0 Å². The van der Waals surface area contributed by atoms with Crippen LogP contribution in [0.15, 0.2) is 44.4 Å². The Kier molecular flexibility index (Phi) is 4.61. The Morgan fingerprint density at radius 1 is 1.21 bits per heavy atom. The lowest BCUT2D eigenvalue weighted by molar-refractivity contribution is 0.0754. The van der Waals surface area contributed by atoms with Crippen molar-refractivity contribution in [3.8, 4) is 5.75 Å². The molecule has 2 heterocycles. The van der Waals surface area contributed by atoms with Gasteiger partial charge in [0, 0.05) is 11.1 Å². The molecular formula is C15H13Cl2NO5S. The van der Waals surface area contributed by atoms with Crippen LogP contribution in [0.3, 0.4) is 0 Å². The van der Waals surface area contributed by atoms with Gasteiger partial charge in [-0.15, -0.1) is 0 Å². The molecule has 0 unspecified atom stereocenters. The van der Waals surface area contributed by atoms with E-state index < -0.39 is 15.6 Å². The quantitative estimate of drug-likeness (QED) is 0.803. The third-order valence-electron chi connectivity index (χ3n) is 3.50. The van der Waals surface area contributed by atoms with Gasteiger partial charge in [-0.25, -0.2) is 13.2 Å². The number of aryl methyl sites for hydroxylation is 1. The largest absolute Gasteiger partial charge is 0.487 e. The van der Waals surface area contributed by atoms with Crippen LogP contribution in [0.4, 0.5) is 0 Å². The SMILES string of the molecule is Cc1cc(OC2CN(S(=O)(=O)c3cc(Cl)ccc3Cl)C2)cc(=O)o1. The van der Waals surface area contributed by atoms with Crippen molar-refractivity contribution in [2.45, 2.75) is 17.9 Å². The molecule has 0 spiro atoms. The summed E-state index contributed by atoms with van der Waals surface area (Å²) in [6.07, 6.45) is -0.348. The molecule has 9 heteroatoms. The van der Waals surface area contributed by atoms with E-state index in [4.69, 9.17) is 32.4 Å². The first-order valence-corrected chi connectivity index (χ1v) is 9.19. The molecule has 0 saturated carbocycles. The highest BCUT2D eigenvalue weighted by molar-refractivity contribution is 7.89. The number of rotatable bonds is 4. The van der Waals surface area contributed by atoms with Crippen molar-refractivity contribution in [1.82, 2.24) is 4.31 Å². The van der Waals surface area contributed by atoms with Crippen LogP contribution in [-0.4, -0.2) is 31.9 Å². The molecule has 0 aliphatic carbocycles. The predicted octanol–water partition coefficient (Wildman–Crippen LogP) is 2.71. The van der Waals surface area contributed by atoms with E-state index in [-0.39, 0.29) is 34.1 Å². The highest BCUT2D eigenvalue weighted by atomic mass is 35.5. The monoisotopic (exact) mass is 389 g/mol. The molecule has 1 fully saturated rings. The standard InChI is InChI=1S/C15H13Cl2NO5S/c1-9-4-11(6-15(19)22-9)23-12-7-18(8-12)24(20,21)14-5-10(16)2-3-13(14)17/h2-6,12H,7-8H2,1H3. The number of benzene rings is 1. The van der Waals surface area contributed by atoms with Crippen LogP contribution in [0.5, 0.6) is 5.75 Å². The lowest BCUT2D eigenvalue weighted by Crippen LogP contribution is -2.56. The van der Waals surface area contributed by atoms with Crippen molar-refractivity contribution in [3.05, 3.63) is 56.6 Å².